The van der Waals surface area contributed by atoms with Gasteiger partial charge in [-0.05, 0) is 49.7 Å². The van der Waals surface area contributed by atoms with Gasteiger partial charge in [-0.15, -0.1) is 0 Å². The number of Topliss-reactive ketones (excluding diaryl/α,β-unsaturated/α-hetero) is 1. The maximum absolute atomic E-state index is 13.8. The van der Waals surface area contributed by atoms with Crippen LogP contribution >= 0.6 is 0 Å². The predicted octanol–water partition coefficient (Wildman–Crippen LogP) is 3.53. The zero-order chi connectivity index (χ0) is 17.0. The third kappa shape index (κ3) is 4.16. The van der Waals surface area contributed by atoms with Gasteiger partial charge in [0, 0.05) is 11.1 Å². The smallest absolute Gasteiger partial charge is 0.229 e. The summed E-state index contributed by atoms with van der Waals surface area (Å²) in [6.45, 7) is 3.22. The fourth-order valence-electron chi connectivity index (χ4n) is 2.22. The molecule has 5 heteroatoms. The van der Waals surface area contributed by atoms with E-state index in [1.165, 1.54) is 26.2 Å². The lowest BCUT2D eigenvalue weighted by molar-refractivity contribution is -0.115. The Kier molecular flexibility index (Phi) is 5.11. The molecular formula is C18H18FNO3. The van der Waals surface area contributed by atoms with Gasteiger partial charge in [0.25, 0.3) is 0 Å². The third-order valence-corrected chi connectivity index (χ3v) is 3.44. The fraction of sp³-hybridized carbons (Fsp3) is 0.222. The number of benzene rings is 2. The number of rotatable bonds is 5. The highest BCUT2D eigenvalue weighted by Crippen LogP contribution is 2.22. The van der Waals surface area contributed by atoms with E-state index in [1.807, 2.05) is 0 Å². The van der Waals surface area contributed by atoms with Gasteiger partial charge in [-0.1, -0.05) is 6.07 Å². The van der Waals surface area contributed by atoms with Crippen molar-refractivity contribution in [2.75, 3.05) is 12.4 Å². The molecule has 2 rings (SSSR count). The van der Waals surface area contributed by atoms with Crippen molar-refractivity contribution in [3.63, 3.8) is 0 Å². The van der Waals surface area contributed by atoms with Gasteiger partial charge in [0.1, 0.15) is 11.6 Å². The molecule has 0 aromatic heterocycles. The lowest BCUT2D eigenvalue weighted by Gasteiger charge is -2.11. The van der Waals surface area contributed by atoms with Gasteiger partial charge in [0.05, 0.1) is 19.2 Å². The van der Waals surface area contributed by atoms with Crippen molar-refractivity contribution in [3.05, 3.63) is 58.9 Å². The summed E-state index contributed by atoms with van der Waals surface area (Å²) in [4.78, 5) is 23.6. The summed E-state index contributed by atoms with van der Waals surface area (Å²) < 4.78 is 19.0. The Bertz CT molecular complexity index is 756. The average Bonchev–Trinajstić information content (AvgIpc) is 2.50. The zero-order valence-electron chi connectivity index (χ0n) is 13.3. The molecule has 0 atom stereocenters. The number of nitrogens with one attached hydrogen (secondary N) is 1. The van der Waals surface area contributed by atoms with E-state index >= 15 is 0 Å². The highest BCUT2D eigenvalue weighted by atomic mass is 19.1. The molecular weight excluding hydrogens is 297 g/mol. The van der Waals surface area contributed by atoms with E-state index in [0.717, 1.165) is 5.56 Å². The quantitative estimate of drug-likeness (QED) is 0.859. The Hall–Kier alpha value is -2.69. The molecule has 1 amide bonds. The van der Waals surface area contributed by atoms with Crippen LogP contribution in [0.15, 0.2) is 36.4 Å². The first-order chi connectivity index (χ1) is 10.9. The van der Waals surface area contributed by atoms with Crippen LogP contribution in [0.3, 0.4) is 0 Å². The third-order valence-electron chi connectivity index (χ3n) is 3.44. The summed E-state index contributed by atoms with van der Waals surface area (Å²) >= 11 is 0. The molecule has 0 fully saturated rings. The van der Waals surface area contributed by atoms with Crippen molar-refractivity contribution in [1.29, 1.82) is 0 Å². The second kappa shape index (κ2) is 7.05. The Balaban J connectivity index is 2.19. The first-order valence-electron chi connectivity index (χ1n) is 7.14. The Morgan fingerprint density at radius 1 is 1.17 bits per heavy atom. The molecule has 0 bridgehead atoms. The second-order valence-corrected chi connectivity index (χ2v) is 5.29. The van der Waals surface area contributed by atoms with Crippen LogP contribution in [0.5, 0.6) is 5.75 Å². The van der Waals surface area contributed by atoms with Crippen LogP contribution in [0, 0.1) is 12.7 Å². The van der Waals surface area contributed by atoms with E-state index in [-0.39, 0.29) is 23.8 Å². The number of ether oxygens (including phenoxy) is 1. The van der Waals surface area contributed by atoms with Crippen molar-refractivity contribution < 1.29 is 18.7 Å². The topological polar surface area (TPSA) is 55.4 Å². The van der Waals surface area contributed by atoms with E-state index in [2.05, 4.69) is 5.32 Å². The van der Waals surface area contributed by atoms with Crippen LogP contribution in [-0.2, 0) is 11.2 Å². The van der Waals surface area contributed by atoms with Gasteiger partial charge in [0.2, 0.25) is 5.91 Å². The van der Waals surface area contributed by atoms with E-state index in [1.54, 1.807) is 31.2 Å². The van der Waals surface area contributed by atoms with E-state index in [4.69, 9.17) is 4.74 Å². The largest absolute Gasteiger partial charge is 0.496 e. The summed E-state index contributed by atoms with van der Waals surface area (Å²) in [5.74, 6) is -0.456. The normalized spacial score (nSPS) is 10.3. The molecule has 0 heterocycles. The molecule has 4 nitrogen and oxygen atoms in total. The molecule has 0 saturated carbocycles. The lowest BCUT2D eigenvalue weighted by Crippen LogP contribution is -2.16. The standard InChI is InChI=1S/C18H18FNO3/c1-11-4-6-16(15(19)8-11)20-18(22)10-14-9-13(12(2)21)5-7-17(14)23-3/h4-9H,10H2,1-3H3,(H,20,22). The summed E-state index contributed by atoms with van der Waals surface area (Å²) in [7, 11) is 1.49. The van der Waals surface area contributed by atoms with Crippen molar-refractivity contribution >= 4 is 17.4 Å². The monoisotopic (exact) mass is 315 g/mol. The number of amides is 1. The van der Waals surface area contributed by atoms with Crippen LogP contribution in [0.1, 0.15) is 28.4 Å². The fourth-order valence-corrected chi connectivity index (χ4v) is 2.22. The van der Waals surface area contributed by atoms with Gasteiger partial charge in [-0.3, -0.25) is 9.59 Å². The minimum atomic E-state index is -0.484. The first-order valence-corrected chi connectivity index (χ1v) is 7.14. The van der Waals surface area contributed by atoms with Crippen molar-refractivity contribution in [3.8, 4) is 5.75 Å². The predicted molar refractivity (Wildman–Crippen MR) is 86.5 cm³/mol. The summed E-state index contributed by atoms with van der Waals surface area (Å²) in [6.07, 6.45) is -0.0163. The Labute approximate surface area is 134 Å². The molecule has 120 valence electrons. The Morgan fingerprint density at radius 2 is 1.91 bits per heavy atom. The zero-order valence-corrected chi connectivity index (χ0v) is 13.3. The summed E-state index contributed by atoms with van der Waals surface area (Å²) in [5.41, 5.74) is 1.97. The van der Waals surface area contributed by atoms with Crippen molar-refractivity contribution in [2.24, 2.45) is 0 Å². The molecule has 0 aliphatic rings. The molecule has 23 heavy (non-hydrogen) atoms. The van der Waals surface area contributed by atoms with Crippen molar-refractivity contribution in [2.45, 2.75) is 20.3 Å². The minimum absolute atomic E-state index is 0.0163. The van der Waals surface area contributed by atoms with Crippen LogP contribution in [0.25, 0.3) is 0 Å². The molecule has 2 aromatic rings. The number of anilines is 1. The van der Waals surface area contributed by atoms with Gasteiger partial charge in [-0.2, -0.15) is 0 Å². The van der Waals surface area contributed by atoms with Crippen molar-refractivity contribution in [1.82, 2.24) is 0 Å². The number of hydrogen-bond acceptors (Lipinski definition) is 3. The second-order valence-electron chi connectivity index (χ2n) is 5.29. The molecule has 0 spiro atoms. The van der Waals surface area contributed by atoms with Gasteiger partial charge in [0.15, 0.2) is 5.78 Å². The SMILES string of the molecule is COc1ccc(C(C)=O)cc1CC(=O)Nc1ccc(C)cc1F. The number of hydrogen-bond donors (Lipinski definition) is 1. The van der Waals surface area contributed by atoms with Gasteiger partial charge >= 0.3 is 0 Å². The van der Waals surface area contributed by atoms with E-state index in [9.17, 15) is 14.0 Å². The number of halogens is 1. The van der Waals surface area contributed by atoms with Gasteiger partial charge < -0.3 is 10.1 Å². The van der Waals surface area contributed by atoms with Crippen LogP contribution in [0.4, 0.5) is 10.1 Å². The average molecular weight is 315 g/mol. The maximum Gasteiger partial charge on any atom is 0.229 e. The molecule has 0 unspecified atom stereocenters. The van der Waals surface area contributed by atoms with E-state index in [0.29, 0.717) is 16.9 Å². The summed E-state index contributed by atoms with van der Waals surface area (Å²) in [6, 6.07) is 9.49. The molecule has 0 saturated heterocycles. The van der Waals surface area contributed by atoms with Crippen LogP contribution < -0.4 is 10.1 Å². The number of aryl methyl sites for hydroxylation is 1. The molecule has 0 aliphatic heterocycles. The molecule has 2 aromatic carbocycles. The first kappa shape index (κ1) is 16.7. The Morgan fingerprint density at radius 3 is 2.52 bits per heavy atom. The van der Waals surface area contributed by atoms with E-state index < -0.39 is 5.82 Å². The number of carbonyl (C=O) groups excluding carboxylic acids is 2. The minimum Gasteiger partial charge on any atom is -0.496 e. The lowest BCUT2D eigenvalue weighted by atomic mass is 10.0. The summed E-state index contributed by atoms with van der Waals surface area (Å²) in [5, 5.41) is 2.53. The van der Waals surface area contributed by atoms with Crippen LogP contribution in [0.2, 0.25) is 0 Å². The van der Waals surface area contributed by atoms with Gasteiger partial charge in [-0.25, -0.2) is 4.39 Å². The molecule has 0 aliphatic carbocycles. The highest BCUT2D eigenvalue weighted by Gasteiger charge is 2.13. The number of carbonyl (C=O) groups is 2. The molecule has 0 radical (unpaired) electrons. The molecule has 1 N–H and O–H groups in total. The highest BCUT2D eigenvalue weighted by molar-refractivity contribution is 5.96. The van der Waals surface area contributed by atoms with Crippen LogP contribution in [-0.4, -0.2) is 18.8 Å². The number of ketones is 1. The maximum atomic E-state index is 13.8. The number of methoxy groups -OCH3 is 1.